The van der Waals surface area contributed by atoms with Gasteiger partial charge in [0, 0.05) is 16.2 Å². The third-order valence-corrected chi connectivity index (χ3v) is 4.14. The molecule has 0 aliphatic heterocycles. The van der Waals surface area contributed by atoms with Gasteiger partial charge in [-0.1, -0.05) is 42.2 Å². The number of hydrogen-bond acceptors (Lipinski definition) is 2. The zero-order valence-electron chi connectivity index (χ0n) is 13.0. The fraction of sp³-hybridized carbons (Fsp3) is 0.150. The SMILES string of the molecule is Cc1cc(SCC=CC#Cc2ccccc2)ccc1CC(=O)O. The van der Waals surface area contributed by atoms with E-state index in [2.05, 4.69) is 11.8 Å². The maximum absolute atomic E-state index is 10.8. The molecule has 0 saturated carbocycles. The maximum Gasteiger partial charge on any atom is 0.307 e. The van der Waals surface area contributed by atoms with Gasteiger partial charge < -0.3 is 5.11 Å². The molecule has 0 aliphatic rings. The molecule has 3 heteroatoms. The predicted octanol–water partition coefficient (Wildman–Crippen LogP) is 4.32. The van der Waals surface area contributed by atoms with Crippen LogP contribution in [0.1, 0.15) is 16.7 Å². The van der Waals surface area contributed by atoms with E-state index in [9.17, 15) is 4.79 Å². The second kappa shape index (κ2) is 8.87. The highest BCUT2D eigenvalue weighted by molar-refractivity contribution is 7.99. The first-order valence-corrected chi connectivity index (χ1v) is 8.29. The highest BCUT2D eigenvalue weighted by atomic mass is 32.2. The molecule has 0 bridgehead atoms. The Hall–Kier alpha value is -2.44. The summed E-state index contributed by atoms with van der Waals surface area (Å²) in [5.74, 6) is 6.13. The second-order valence-corrected chi connectivity index (χ2v) is 6.10. The van der Waals surface area contributed by atoms with Crippen LogP contribution in [-0.4, -0.2) is 16.8 Å². The lowest BCUT2D eigenvalue weighted by molar-refractivity contribution is -0.136. The molecular weight excluding hydrogens is 304 g/mol. The van der Waals surface area contributed by atoms with E-state index < -0.39 is 5.97 Å². The van der Waals surface area contributed by atoms with Crippen molar-refractivity contribution in [1.29, 1.82) is 0 Å². The van der Waals surface area contributed by atoms with E-state index in [0.29, 0.717) is 0 Å². The predicted molar refractivity (Wildman–Crippen MR) is 95.7 cm³/mol. The Morgan fingerprint density at radius 2 is 2.00 bits per heavy atom. The highest BCUT2D eigenvalue weighted by Gasteiger charge is 2.04. The van der Waals surface area contributed by atoms with Gasteiger partial charge in [0.25, 0.3) is 0 Å². The van der Waals surface area contributed by atoms with Crippen LogP contribution < -0.4 is 0 Å². The summed E-state index contributed by atoms with van der Waals surface area (Å²) < 4.78 is 0. The van der Waals surface area contributed by atoms with E-state index in [1.807, 2.05) is 67.6 Å². The topological polar surface area (TPSA) is 37.3 Å². The Kier molecular flexibility index (Phi) is 6.53. The minimum atomic E-state index is -0.798. The molecule has 23 heavy (non-hydrogen) atoms. The molecule has 0 atom stereocenters. The van der Waals surface area contributed by atoms with Crippen LogP contribution in [0.3, 0.4) is 0 Å². The monoisotopic (exact) mass is 322 g/mol. The number of allylic oxidation sites excluding steroid dienone is 1. The number of carbonyl (C=O) groups is 1. The Morgan fingerprint density at radius 1 is 1.22 bits per heavy atom. The quantitative estimate of drug-likeness (QED) is 0.658. The molecule has 0 unspecified atom stereocenters. The molecule has 0 saturated heterocycles. The van der Waals surface area contributed by atoms with E-state index >= 15 is 0 Å². The van der Waals surface area contributed by atoms with Crippen molar-refractivity contribution in [3.63, 3.8) is 0 Å². The van der Waals surface area contributed by atoms with Crippen LogP contribution in [0.4, 0.5) is 0 Å². The summed E-state index contributed by atoms with van der Waals surface area (Å²) in [6.07, 6.45) is 3.97. The van der Waals surface area contributed by atoms with Crippen molar-refractivity contribution in [2.45, 2.75) is 18.2 Å². The van der Waals surface area contributed by atoms with Crippen LogP contribution in [0.15, 0.2) is 65.6 Å². The molecule has 0 aromatic heterocycles. The van der Waals surface area contributed by atoms with E-state index in [1.165, 1.54) is 0 Å². The van der Waals surface area contributed by atoms with E-state index in [-0.39, 0.29) is 6.42 Å². The molecule has 0 aliphatic carbocycles. The third-order valence-electron chi connectivity index (χ3n) is 3.19. The lowest BCUT2D eigenvalue weighted by Crippen LogP contribution is -2.01. The van der Waals surface area contributed by atoms with Crippen molar-refractivity contribution in [1.82, 2.24) is 0 Å². The average Bonchev–Trinajstić information content (AvgIpc) is 2.54. The van der Waals surface area contributed by atoms with Crippen molar-refractivity contribution < 1.29 is 9.90 Å². The van der Waals surface area contributed by atoms with Gasteiger partial charge in [-0.25, -0.2) is 0 Å². The van der Waals surface area contributed by atoms with Crippen molar-refractivity contribution in [2.75, 3.05) is 5.75 Å². The zero-order chi connectivity index (χ0) is 16.5. The summed E-state index contributed by atoms with van der Waals surface area (Å²) in [5, 5.41) is 8.84. The Balaban J connectivity index is 1.84. The summed E-state index contributed by atoms with van der Waals surface area (Å²) in [6, 6.07) is 15.8. The van der Waals surface area contributed by atoms with Crippen molar-refractivity contribution in [2.24, 2.45) is 0 Å². The van der Waals surface area contributed by atoms with E-state index in [0.717, 1.165) is 27.3 Å². The largest absolute Gasteiger partial charge is 0.481 e. The fourth-order valence-electron chi connectivity index (χ4n) is 2.02. The molecule has 0 fully saturated rings. The number of hydrogen-bond donors (Lipinski definition) is 1. The van der Waals surface area contributed by atoms with E-state index in [1.54, 1.807) is 11.8 Å². The standard InChI is InChI=1S/C20H18O2S/c1-16-14-19(12-11-18(16)15-20(21)22)23-13-7-3-6-10-17-8-4-2-5-9-17/h2-5,7-9,11-12,14H,13,15H2,1H3,(H,21,22). The van der Waals surface area contributed by atoms with Crippen LogP contribution in [0.5, 0.6) is 0 Å². The smallest absolute Gasteiger partial charge is 0.307 e. The van der Waals surface area contributed by atoms with Crippen molar-refractivity contribution >= 4 is 17.7 Å². The van der Waals surface area contributed by atoms with Gasteiger partial charge in [0.2, 0.25) is 0 Å². The number of benzene rings is 2. The normalized spacial score (nSPS) is 10.3. The van der Waals surface area contributed by atoms with Crippen LogP contribution in [0.25, 0.3) is 0 Å². The first-order valence-electron chi connectivity index (χ1n) is 7.31. The molecule has 0 spiro atoms. The van der Waals surface area contributed by atoms with Gasteiger partial charge >= 0.3 is 5.97 Å². The van der Waals surface area contributed by atoms with Gasteiger partial charge in [0.05, 0.1) is 6.42 Å². The lowest BCUT2D eigenvalue weighted by atomic mass is 10.1. The molecule has 0 amide bonds. The van der Waals surface area contributed by atoms with Crippen LogP contribution >= 0.6 is 11.8 Å². The van der Waals surface area contributed by atoms with Crippen LogP contribution in [0, 0.1) is 18.8 Å². The molecule has 2 rings (SSSR count). The first-order chi connectivity index (χ1) is 11.1. The third kappa shape index (κ3) is 6.06. The van der Waals surface area contributed by atoms with Gasteiger partial charge in [0.1, 0.15) is 0 Å². The van der Waals surface area contributed by atoms with Gasteiger partial charge in [-0.15, -0.1) is 11.8 Å². The summed E-state index contributed by atoms with van der Waals surface area (Å²) in [7, 11) is 0. The summed E-state index contributed by atoms with van der Waals surface area (Å²) in [4.78, 5) is 11.9. The van der Waals surface area contributed by atoms with Crippen LogP contribution in [0.2, 0.25) is 0 Å². The first kappa shape index (κ1) is 16.9. The highest BCUT2D eigenvalue weighted by Crippen LogP contribution is 2.21. The molecule has 2 aromatic carbocycles. The van der Waals surface area contributed by atoms with E-state index in [4.69, 9.17) is 5.11 Å². The summed E-state index contributed by atoms with van der Waals surface area (Å²) >= 11 is 1.71. The van der Waals surface area contributed by atoms with Crippen molar-refractivity contribution in [3.8, 4) is 11.8 Å². The maximum atomic E-state index is 10.8. The molecule has 116 valence electrons. The minimum absolute atomic E-state index is 0.0752. The zero-order valence-corrected chi connectivity index (χ0v) is 13.8. The Bertz CT molecular complexity index is 752. The fourth-order valence-corrected chi connectivity index (χ4v) is 2.83. The minimum Gasteiger partial charge on any atom is -0.481 e. The van der Waals surface area contributed by atoms with Gasteiger partial charge in [-0.3, -0.25) is 4.79 Å². The number of carboxylic acids is 1. The molecule has 2 nitrogen and oxygen atoms in total. The summed E-state index contributed by atoms with van der Waals surface area (Å²) in [6.45, 7) is 1.95. The summed E-state index contributed by atoms with van der Waals surface area (Å²) in [5.41, 5.74) is 2.89. The lowest BCUT2D eigenvalue weighted by Gasteiger charge is -2.05. The number of carboxylic acid groups (broad SMARTS) is 1. The molecular formula is C20H18O2S. The Labute approximate surface area is 141 Å². The average molecular weight is 322 g/mol. The van der Waals surface area contributed by atoms with Gasteiger partial charge in [0.15, 0.2) is 0 Å². The number of aryl methyl sites for hydroxylation is 1. The van der Waals surface area contributed by atoms with Gasteiger partial charge in [-0.2, -0.15) is 0 Å². The number of rotatable bonds is 5. The second-order valence-electron chi connectivity index (χ2n) is 5.01. The molecule has 2 aromatic rings. The van der Waals surface area contributed by atoms with Gasteiger partial charge in [-0.05, 0) is 48.4 Å². The number of aliphatic carboxylic acids is 1. The number of thioether (sulfide) groups is 1. The van der Waals surface area contributed by atoms with Crippen molar-refractivity contribution in [3.05, 3.63) is 77.4 Å². The van der Waals surface area contributed by atoms with Crippen LogP contribution in [-0.2, 0) is 11.2 Å². The Morgan fingerprint density at radius 3 is 2.70 bits per heavy atom. The molecule has 0 heterocycles. The molecule has 1 N–H and O–H groups in total. The molecule has 0 radical (unpaired) electrons.